The first kappa shape index (κ1) is 14.6. The molecule has 1 unspecified atom stereocenters. The maximum absolute atomic E-state index is 8.94. The van der Waals surface area contributed by atoms with E-state index in [1.165, 1.54) is 11.1 Å². The van der Waals surface area contributed by atoms with Crippen molar-refractivity contribution in [2.45, 2.75) is 25.9 Å². The highest BCUT2D eigenvalue weighted by Crippen LogP contribution is 2.17. The number of ether oxygens (including phenoxy) is 1. The van der Waals surface area contributed by atoms with Crippen molar-refractivity contribution in [3.63, 3.8) is 0 Å². The van der Waals surface area contributed by atoms with Crippen LogP contribution >= 0.6 is 15.9 Å². The second kappa shape index (κ2) is 7.82. The molecule has 0 amide bonds. The molecule has 1 rings (SSSR count). The third kappa shape index (κ3) is 5.17. The third-order valence-corrected chi connectivity index (χ3v) is 3.53. The third-order valence-electron chi connectivity index (χ3n) is 2.68. The van der Waals surface area contributed by atoms with Crippen LogP contribution in [0.5, 0.6) is 0 Å². The molecular weight excluding hydrogens is 282 g/mol. The van der Waals surface area contributed by atoms with Gasteiger partial charge in [-0.25, -0.2) is 0 Å². The molecule has 0 aliphatic rings. The molecule has 0 heterocycles. The van der Waals surface area contributed by atoms with E-state index in [2.05, 4.69) is 46.4 Å². The number of methoxy groups -OCH3 is 1. The molecule has 0 aliphatic heterocycles. The van der Waals surface area contributed by atoms with Crippen molar-refractivity contribution in [1.82, 2.24) is 5.32 Å². The number of hydrogen-bond donors (Lipinski definition) is 2. The highest BCUT2D eigenvalue weighted by molar-refractivity contribution is 9.10. The highest BCUT2D eigenvalue weighted by Gasteiger charge is 2.07. The van der Waals surface area contributed by atoms with Crippen LogP contribution in [0.1, 0.15) is 17.5 Å². The molecule has 0 saturated heterocycles. The van der Waals surface area contributed by atoms with Gasteiger partial charge in [-0.05, 0) is 30.5 Å². The first-order valence-corrected chi connectivity index (χ1v) is 6.55. The van der Waals surface area contributed by atoms with Crippen LogP contribution in [0.2, 0.25) is 0 Å². The van der Waals surface area contributed by atoms with Crippen molar-refractivity contribution in [2.24, 2.45) is 0 Å². The summed E-state index contributed by atoms with van der Waals surface area (Å²) in [6, 6.07) is 6.52. The lowest BCUT2D eigenvalue weighted by Crippen LogP contribution is -2.33. The van der Waals surface area contributed by atoms with Crippen LogP contribution in [-0.2, 0) is 11.3 Å². The molecule has 3 nitrogen and oxygen atoms in total. The molecule has 0 aromatic heterocycles. The smallest absolute Gasteiger partial charge is 0.0616 e. The molecule has 96 valence electrons. The molecule has 2 N–H and O–H groups in total. The van der Waals surface area contributed by atoms with Crippen LogP contribution in [0, 0.1) is 6.92 Å². The quantitative estimate of drug-likeness (QED) is 0.812. The Morgan fingerprint density at radius 2 is 2.24 bits per heavy atom. The van der Waals surface area contributed by atoms with Crippen molar-refractivity contribution in [3.05, 3.63) is 33.8 Å². The predicted molar refractivity (Wildman–Crippen MR) is 73.1 cm³/mol. The summed E-state index contributed by atoms with van der Waals surface area (Å²) in [6.07, 6.45) is 0.709. The van der Waals surface area contributed by atoms with Gasteiger partial charge in [0.25, 0.3) is 0 Å². The SMILES string of the molecule is COCC(CCO)NCc1ccc(C)c(Br)c1. The largest absolute Gasteiger partial charge is 0.396 e. The molecule has 1 aromatic carbocycles. The number of aliphatic hydroxyl groups is 1. The lowest BCUT2D eigenvalue weighted by molar-refractivity contribution is 0.148. The lowest BCUT2D eigenvalue weighted by atomic mass is 10.1. The summed E-state index contributed by atoms with van der Waals surface area (Å²) in [6.45, 7) is 3.65. The standard InChI is InChI=1S/C13H20BrNO2/c1-10-3-4-11(7-13(10)14)8-15-12(5-6-16)9-17-2/h3-4,7,12,15-16H,5-6,8-9H2,1-2H3. The Balaban J connectivity index is 2.49. The molecule has 0 aliphatic carbocycles. The van der Waals surface area contributed by atoms with Crippen molar-refractivity contribution in [1.29, 1.82) is 0 Å². The number of benzene rings is 1. The Hall–Kier alpha value is -0.420. The topological polar surface area (TPSA) is 41.5 Å². The normalized spacial score (nSPS) is 12.7. The number of rotatable bonds is 7. The molecule has 0 fully saturated rings. The molecular formula is C13H20BrNO2. The maximum Gasteiger partial charge on any atom is 0.0616 e. The van der Waals surface area contributed by atoms with E-state index in [0.717, 1.165) is 11.0 Å². The van der Waals surface area contributed by atoms with Crippen LogP contribution < -0.4 is 5.32 Å². The number of hydrogen-bond acceptors (Lipinski definition) is 3. The van der Waals surface area contributed by atoms with Crippen molar-refractivity contribution in [2.75, 3.05) is 20.3 Å². The second-order valence-electron chi connectivity index (χ2n) is 4.13. The van der Waals surface area contributed by atoms with E-state index >= 15 is 0 Å². The van der Waals surface area contributed by atoms with Crippen LogP contribution in [0.3, 0.4) is 0 Å². The summed E-state index contributed by atoms with van der Waals surface area (Å²) in [5.41, 5.74) is 2.46. The molecule has 17 heavy (non-hydrogen) atoms. The second-order valence-corrected chi connectivity index (χ2v) is 4.98. The fourth-order valence-electron chi connectivity index (χ4n) is 1.61. The number of halogens is 1. The number of aryl methyl sites for hydroxylation is 1. The van der Waals surface area contributed by atoms with Crippen molar-refractivity contribution >= 4 is 15.9 Å². The lowest BCUT2D eigenvalue weighted by Gasteiger charge is -2.17. The Bertz CT molecular complexity index is 338. The van der Waals surface area contributed by atoms with Gasteiger partial charge in [0.1, 0.15) is 0 Å². The van der Waals surface area contributed by atoms with Crippen molar-refractivity contribution in [3.8, 4) is 0 Å². The van der Waals surface area contributed by atoms with Crippen LogP contribution in [-0.4, -0.2) is 31.5 Å². The van der Waals surface area contributed by atoms with Gasteiger partial charge in [-0.3, -0.25) is 0 Å². The monoisotopic (exact) mass is 301 g/mol. The zero-order chi connectivity index (χ0) is 12.7. The predicted octanol–water partition coefficient (Wildman–Crippen LogP) is 2.24. The summed E-state index contributed by atoms with van der Waals surface area (Å²) in [7, 11) is 1.68. The van der Waals surface area contributed by atoms with E-state index in [9.17, 15) is 0 Å². The zero-order valence-electron chi connectivity index (χ0n) is 10.4. The minimum atomic E-state index is 0.179. The average molecular weight is 302 g/mol. The van der Waals surface area contributed by atoms with Gasteiger partial charge in [0.2, 0.25) is 0 Å². The fraction of sp³-hybridized carbons (Fsp3) is 0.538. The molecule has 0 spiro atoms. The molecule has 0 saturated carbocycles. The Kier molecular flexibility index (Phi) is 6.73. The van der Waals surface area contributed by atoms with E-state index in [1.54, 1.807) is 7.11 Å². The van der Waals surface area contributed by atoms with E-state index in [-0.39, 0.29) is 12.6 Å². The van der Waals surface area contributed by atoms with E-state index in [4.69, 9.17) is 9.84 Å². The van der Waals surface area contributed by atoms with Gasteiger partial charge in [0.15, 0.2) is 0 Å². The summed E-state index contributed by atoms with van der Waals surface area (Å²) in [5.74, 6) is 0. The number of aliphatic hydroxyl groups excluding tert-OH is 1. The minimum Gasteiger partial charge on any atom is -0.396 e. The van der Waals surface area contributed by atoms with E-state index in [0.29, 0.717) is 13.0 Å². The zero-order valence-corrected chi connectivity index (χ0v) is 12.0. The molecule has 4 heteroatoms. The Morgan fingerprint density at radius 1 is 1.47 bits per heavy atom. The van der Waals surface area contributed by atoms with E-state index in [1.807, 2.05) is 0 Å². The van der Waals surface area contributed by atoms with Crippen molar-refractivity contribution < 1.29 is 9.84 Å². The molecule has 1 aromatic rings. The Morgan fingerprint density at radius 3 is 2.82 bits per heavy atom. The van der Waals surface area contributed by atoms with Gasteiger partial charge in [-0.2, -0.15) is 0 Å². The maximum atomic E-state index is 8.94. The molecule has 1 atom stereocenters. The van der Waals surface area contributed by atoms with Crippen LogP contribution in [0.25, 0.3) is 0 Å². The van der Waals surface area contributed by atoms with Gasteiger partial charge in [0.05, 0.1) is 6.61 Å². The first-order chi connectivity index (χ1) is 8.17. The van der Waals surface area contributed by atoms with Gasteiger partial charge in [-0.15, -0.1) is 0 Å². The van der Waals surface area contributed by atoms with Gasteiger partial charge in [0, 0.05) is 30.8 Å². The summed E-state index contributed by atoms with van der Waals surface area (Å²) in [5, 5.41) is 12.3. The van der Waals surface area contributed by atoms with Crippen LogP contribution in [0.4, 0.5) is 0 Å². The van der Waals surface area contributed by atoms with Gasteiger partial charge < -0.3 is 15.2 Å². The summed E-state index contributed by atoms with van der Waals surface area (Å²) in [4.78, 5) is 0. The fourth-order valence-corrected chi connectivity index (χ4v) is 2.04. The highest BCUT2D eigenvalue weighted by atomic mass is 79.9. The molecule has 0 bridgehead atoms. The van der Waals surface area contributed by atoms with Gasteiger partial charge >= 0.3 is 0 Å². The number of nitrogens with one attached hydrogen (secondary N) is 1. The first-order valence-electron chi connectivity index (χ1n) is 5.75. The van der Waals surface area contributed by atoms with Crippen LogP contribution in [0.15, 0.2) is 22.7 Å². The molecule has 0 radical (unpaired) electrons. The minimum absolute atomic E-state index is 0.179. The summed E-state index contributed by atoms with van der Waals surface area (Å²) >= 11 is 3.52. The summed E-state index contributed by atoms with van der Waals surface area (Å²) < 4.78 is 6.23. The Labute approximate surface area is 111 Å². The van der Waals surface area contributed by atoms with Gasteiger partial charge in [-0.1, -0.05) is 28.1 Å². The average Bonchev–Trinajstić information content (AvgIpc) is 2.31. The van der Waals surface area contributed by atoms with E-state index < -0.39 is 0 Å².